The van der Waals surface area contributed by atoms with Crippen LogP contribution in [0.1, 0.15) is 76.7 Å². The van der Waals surface area contributed by atoms with E-state index in [9.17, 15) is 9.90 Å². The van der Waals surface area contributed by atoms with E-state index in [0.717, 1.165) is 18.4 Å². The van der Waals surface area contributed by atoms with Gasteiger partial charge in [-0.15, -0.1) is 0 Å². The topological polar surface area (TPSA) is 72.5 Å². The molecule has 0 amide bonds. The van der Waals surface area contributed by atoms with Crippen LogP contribution in [0.3, 0.4) is 0 Å². The van der Waals surface area contributed by atoms with E-state index in [2.05, 4.69) is 6.92 Å². The van der Waals surface area contributed by atoms with Gasteiger partial charge in [0.15, 0.2) is 0 Å². The second-order valence-corrected chi connectivity index (χ2v) is 6.83. The number of esters is 1. The molecule has 0 radical (unpaired) electrons. The summed E-state index contributed by atoms with van der Waals surface area (Å²) >= 11 is 0. The number of carbonyl (C=O) groups is 1. The Morgan fingerprint density at radius 1 is 0.960 bits per heavy atom. The Kier molecular flexibility index (Phi) is 11.8. The molecule has 0 aliphatic rings. The zero-order valence-electron chi connectivity index (χ0n) is 15.7. The van der Waals surface area contributed by atoms with Gasteiger partial charge in [0.2, 0.25) is 0 Å². The number of hydrogen-bond donors (Lipinski definition) is 2. The van der Waals surface area contributed by atoms with Crippen molar-refractivity contribution in [3.05, 3.63) is 29.8 Å². The second-order valence-electron chi connectivity index (χ2n) is 6.83. The van der Waals surface area contributed by atoms with Crippen LogP contribution in [-0.2, 0) is 16.0 Å². The highest BCUT2D eigenvalue weighted by atomic mass is 16.5. The van der Waals surface area contributed by atoms with Crippen molar-refractivity contribution in [1.29, 1.82) is 0 Å². The van der Waals surface area contributed by atoms with Crippen LogP contribution >= 0.6 is 0 Å². The Balaban J connectivity index is 1.98. The fourth-order valence-electron chi connectivity index (χ4n) is 2.84. The van der Waals surface area contributed by atoms with Crippen molar-refractivity contribution in [2.24, 2.45) is 5.73 Å². The minimum absolute atomic E-state index is 0.209. The number of hydrogen-bond acceptors (Lipinski definition) is 4. The molecular weight excluding hydrogens is 314 g/mol. The first-order valence-electron chi connectivity index (χ1n) is 9.83. The average molecular weight is 350 g/mol. The van der Waals surface area contributed by atoms with Gasteiger partial charge in [0, 0.05) is 0 Å². The summed E-state index contributed by atoms with van der Waals surface area (Å²) in [6.07, 6.45) is 13.0. The van der Waals surface area contributed by atoms with E-state index < -0.39 is 6.04 Å². The number of phenols is 1. The maximum Gasteiger partial charge on any atom is 0.323 e. The molecule has 4 heteroatoms. The summed E-state index contributed by atoms with van der Waals surface area (Å²) in [5.74, 6) is -0.134. The third-order valence-electron chi connectivity index (χ3n) is 4.44. The minimum Gasteiger partial charge on any atom is -0.508 e. The summed E-state index contributed by atoms with van der Waals surface area (Å²) in [5.41, 5.74) is 6.80. The molecule has 0 heterocycles. The van der Waals surface area contributed by atoms with E-state index in [4.69, 9.17) is 10.5 Å². The van der Waals surface area contributed by atoms with Gasteiger partial charge >= 0.3 is 5.97 Å². The number of ether oxygens (including phenoxy) is 1. The zero-order chi connectivity index (χ0) is 18.3. The van der Waals surface area contributed by atoms with Crippen LogP contribution in [0.15, 0.2) is 24.3 Å². The van der Waals surface area contributed by atoms with Crippen LogP contribution < -0.4 is 5.73 Å². The molecule has 0 saturated carbocycles. The molecule has 25 heavy (non-hydrogen) atoms. The Morgan fingerprint density at radius 3 is 2.04 bits per heavy atom. The number of unbranched alkanes of at least 4 members (excludes halogenated alkanes) is 9. The summed E-state index contributed by atoms with van der Waals surface area (Å²) in [4.78, 5) is 11.9. The third-order valence-corrected chi connectivity index (χ3v) is 4.44. The summed E-state index contributed by atoms with van der Waals surface area (Å²) in [6.45, 7) is 2.70. The van der Waals surface area contributed by atoms with Crippen molar-refractivity contribution >= 4 is 5.97 Å². The molecule has 0 fully saturated rings. The van der Waals surface area contributed by atoms with E-state index in [-0.39, 0.29) is 11.7 Å². The number of nitrogens with two attached hydrogens (primary N) is 1. The molecule has 1 atom stereocenters. The number of carbonyl (C=O) groups excluding carboxylic acids is 1. The Labute approximate surface area is 152 Å². The smallest absolute Gasteiger partial charge is 0.323 e. The normalized spacial score (nSPS) is 12.1. The van der Waals surface area contributed by atoms with Crippen LogP contribution in [0.25, 0.3) is 0 Å². The summed E-state index contributed by atoms with van der Waals surface area (Å²) in [5, 5.41) is 9.25. The Bertz CT molecular complexity index is 459. The molecule has 0 saturated heterocycles. The predicted molar refractivity (Wildman–Crippen MR) is 103 cm³/mol. The Hall–Kier alpha value is -1.55. The fourth-order valence-corrected chi connectivity index (χ4v) is 2.84. The number of phenolic OH excluding ortho intramolecular Hbond substituents is 1. The van der Waals surface area contributed by atoms with Gasteiger partial charge in [0.1, 0.15) is 11.8 Å². The largest absolute Gasteiger partial charge is 0.508 e. The average Bonchev–Trinajstić information content (AvgIpc) is 2.61. The number of rotatable bonds is 14. The second kappa shape index (κ2) is 13.7. The van der Waals surface area contributed by atoms with Crippen molar-refractivity contribution in [1.82, 2.24) is 0 Å². The van der Waals surface area contributed by atoms with E-state index in [0.29, 0.717) is 13.0 Å². The molecule has 1 aromatic rings. The predicted octanol–water partition coefficient (Wildman–Crippen LogP) is 4.73. The highest BCUT2D eigenvalue weighted by molar-refractivity contribution is 5.75. The number of benzene rings is 1. The van der Waals surface area contributed by atoms with E-state index >= 15 is 0 Å². The lowest BCUT2D eigenvalue weighted by atomic mass is 10.1. The van der Waals surface area contributed by atoms with Gasteiger partial charge in [-0.25, -0.2) is 0 Å². The highest BCUT2D eigenvalue weighted by Gasteiger charge is 2.15. The van der Waals surface area contributed by atoms with Crippen LogP contribution in [-0.4, -0.2) is 23.7 Å². The lowest BCUT2D eigenvalue weighted by Gasteiger charge is -2.11. The lowest BCUT2D eigenvalue weighted by molar-refractivity contribution is -0.145. The molecule has 0 aliphatic carbocycles. The third kappa shape index (κ3) is 10.8. The van der Waals surface area contributed by atoms with Crippen molar-refractivity contribution in [2.75, 3.05) is 6.61 Å². The number of aromatic hydroxyl groups is 1. The first kappa shape index (κ1) is 21.5. The van der Waals surface area contributed by atoms with Crippen molar-refractivity contribution in [2.45, 2.75) is 83.6 Å². The first-order valence-corrected chi connectivity index (χ1v) is 9.83. The standard InChI is InChI=1S/C21H35NO3/c1-2-3-4-5-6-7-8-9-10-11-16-25-21(24)20(22)17-18-12-14-19(23)15-13-18/h12-15,20,23H,2-11,16-17,22H2,1H3/t20-/m0/s1. The molecule has 0 unspecified atom stereocenters. The van der Waals surface area contributed by atoms with Gasteiger partial charge in [-0.05, 0) is 30.5 Å². The molecule has 0 spiro atoms. The van der Waals surface area contributed by atoms with Gasteiger partial charge in [0.05, 0.1) is 6.61 Å². The maximum absolute atomic E-state index is 11.9. The van der Waals surface area contributed by atoms with E-state index in [1.807, 2.05) is 0 Å². The maximum atomic E-state index is 11.9. The molecule has 0 bridgehead atoms. The quantitative estimate of drug-likeness (QED) is 0.376. The molecule has 1 aromatic carbocycles. The summed E-state index contributed by atoms with van der Waals surface area (Å²) in [6, 6.07) is 6.08. The monoisotopic (exact) mass is 349 g/mol. The molecule has 4 nitrogen and oxygen atoms in total. The van der Waals surface area contributed by atoms with Crippen LogP contribution in [0, 0.1) is 0 Å². The van der Waals surface area contributed by atoms with Gasteiger partial charge in [-0.3, -0.25) is 4.79 Å². The molecule has 0 aliphatic heterocycles. The zero-order valence-corrected chi connectivity index (χ0v) is 15.7. The van der Waals surface area contributed by atoms with Gasteiger partial charge < -0.3 is 15.6 Å². The molecule has 142 valence electrons. The van der Waals surface area contributed by atoms with Crippen molar-refractivity contribution in [3.8, 4) is 5.75 Å². The van der Waals surface area contributed by atoms with E-state index in [1.54, 1.807) is 24.3 Å². The lowest BCUT2D eigenvalue weighted by Crippen LogP contribution is -2.34. The molecule has 3 N–H and O–H groups in total. The molecule has 1 rings (SSSR count). The van der Waals surface area contributed by atoms with Crippen molar-refractivity contribution < 1.29 is 14.6 Å². The Morgan fingerprint density at radius 2 is 1.48 bits per heavy atom. The van der Waals surface area contributed by atoms with Crippen LogP contribution in [0.5, 0.6) is 5.75 Å². The summed E-state index contributed by atoms with van der Waals surface area (Å²) < 4.78 is 5.26. The summed E-state index contributed by atoms with van der Waals surface area (Å²) in [7, 11) is 0. The van der Waals surface area contributed by atoms with Crippen molar-refractivity contribution in [3.63, 3.8) is 0 Å². The molecular formula is C21H35NO3. The first-order chi connectivity index (χ1) is 12.1. The van der Waals surface area contributed by atoms with E-state index in [1.165, 1.54) is 51.4 Å². The van der Waals surface area contributed by atoms with Crippen LogP contribution in [0.2, 0.25) is 0 Å². The minimum atomic E-state index is -0.646. The van der Waals surface area contributed by atoms with Gasteiger partial charge in [0.25, 0.3) is 0 Å². The van der Waals surface area contributed by atoms with Crippen LogP contribution in [0.4, 0.5) is 0 Å². The van der Waals surface area contributed by atoms with Gasteiger partial charge in [-0.2, -0.15) is 0 Å². The SMILES string of the molecule is CCCCCCCCCCCCOC(=O)[C@@H](N)Cc1ccc(O)cc1. The highest BCUT2D eigenvalue weighted by Crippen LogP contribution is 2.12. The molecule has 0 aromatic heterocycles. The van der Waals surface area contributed by atoms with Gasteiger partial charge in [-0.1, -0.05) is 76.8 Å². The fraction of sp³-hybridized carbons (Fsp3) is 0.667.